The molecular weight excluding hydrogens is 252 g/mol. The van der Waals surface area contributed by atoms with Gasteiger partial charge in [0.1, 0.15) is 18.0 Å². The van der Waals surface area contributed by atoms with Crippen molar-refractivity contribution in [2.45, 2.75) is 31.6 Å². The monoisotopic (exact) mass is 272 g/mol. The Morgan fingerprint density at radius 3 is 3.00 bits per heavy atom. The Labute approximate surface area is 119 Å². The number of methoxy groups -OCH3 is 1. The molecule has 1 N–H and O–H groups in total. The second-order valence-electron chi connectivity index (χ2n) is 5.08. The zero-order valence-electron chi connectivity index (χ0n) is 11.9. The summed E-state index contributed by atoms with van der Waals surface area (Å²) in [6.45, 7) is 3.06. The maximum Gasteiger partial charge on any atom is 0.129 e. The van der Waals surface area contributed by atoms with E-state index in [0.717, 1.165) is 29.6 Å². The molecule has 0 amide bonds. The number of rotatable bonds is 5. The van der Waals surface area contributed by atoms with Crippen LogP contribution in [0.1, 0.15) is 13.3 Å². The fourth-order valence-corrected chi connectivity index (χ4v) is 2.82. The number of hydrogen-bond donors (Lipinski definition) is 1. The molecule has 1 aliphatic rings. The number of likely N-dealkylation sites (N-methyl/N-ethyl adjacent to an activating group) is 1. The average molecular weight is 272 g/mol. The van der Waals surface area contributed by atoms with Crippen molar-refractivity contribution in [2.75, 3.05) is 13.7 Å². The molecular formula is C16H20N2O2. The zero-order chi connectivity index (χ0) is 13.9. The summed E-state index contributed by atoms with van der Waals surface area (Å²) in [7, 11) is 1.75. The molecule has 3 rings (SSSR count). The van der Waals surface area contributed by atoms with Gasteiger partial charge >= 0.3 is 0 Å². The van der Waals surface area contributed by atoms with Crippen molar-refractivity contribution >= 4 is 10.9 Å². The molecule has 4 heteroatoms. The summed E-state index contributed by atoms with van der Waals surface area (Å²) in [5.41, 5.74) is 0.960. The van der Waals surface area contributed by atoms with Gasteiger partial charge in [0.25, 0.3) is 0 Å². The molecule has 106 valence electrons. The minimum atomic E-state index is 0.106. The first-order chi connectivity index (χ1) is 9.83. The fraction of sp³-hybridized carbons (Fsp3) is 0.438. The van der Waals surface area contributed by atoms with Crippen molar-refractivity contribution in [3.63, 3.8) is 0 Å². The molecule has 0 aliphatic heterocycles. The van der Waals surface area contributed by atoms with Crippen LogP contribution < -0.4 is 10.1 Å². The van der Waals surface area contributed by atoms with Crippen LogP contribution in [0.5, 0.6) is 5.75 Å². The van der Waals surface area contributed by atoms with Crippen molar-refractivity contribution in [1.29, 1.82) is 0 Å². The second-order valence-corrected chi connectivity index (χ2v) is 5.08. The molecule has 0 saturated heterocycles. The van der Waals surface area contributed by atoms with Crippen LogP contribution in [0.15, 0.2) is 36.5 Å². The molecule has 0 bridgehead atoms. The molecule has 2 aromatic rings. The minimum Gasteiger partial charge on any atom is -0.487 e. The molecule has 1 fully saturated rings. The van der Waals surface area contributed by atoms with Crippen LogP contribution in [0.2, 0.25) is 0 Å². The fourth-order valence-electron chi connectivity index (χ4n) is 2.82. The first-order valence-corrected chi connectivity index (χ1v) is 7.10. The van der Waals surface area contributed by atoms with Gasteiger partial charge in [-0.05, 0) is 30.8 Å². The van der Waals surface area contributed by atoms with Gasteiger partial charge in [0.2, 0.25) is 0 Å². The van der Waals surface area contributed by atoms with Crippen molar-refractivity contribution < 1.29 is 9.47 Å². The third-order valence-electron chi connectivity index (χ3n) is 3.87. The molecule has 20 heavy (non-hydrogen) atoms. The van der Waals surface area contributed by atoms with Gasteiger partial charge < -0.3 is 14.8 Å². The predicted molar refractivity (Wildman–Crippen MR) is 79.0 cm³/mol. The highest BCUT2D eigenvalue weighted by Gasteiger charge is 2.42. The Bertz CT molecular complexity index is 582. The van der Waals surface area contributed by atoms with Crippen LogP contribution in [0.4, 0.5) is 0 Å². The first kappa shape index (κ1) is 13.3. The Balaban J connectivity index is 1.77. The van der Waals surface area contributed by atoms with E-state index in [1.54, 1.807) is 13.3 Å². The highest BCUT2D eigenvalue weighted by Crippen LogP contribution is 2.32. The number of nitrogens with zero attached hydrogens (tertiary/aromatic N) is 1. The number of fused-ring (bicyclic) bond motifs is 1. The Hall–Kier alpha value is -1.65. The minimum absolute atomic E-state index is 0.106. The van der Waals surface area contributed by atoms with Crippen LogP contribution in [-0.4, -0.2) is 36.9 Å². The average Bonchev–Trinajstić information content (AvgIpc) is 2.46. The summed E-state index contributed by atoms with van der Waals surface area (Å²) in [6, 6.07) is 10.3. The molecule has 3 atom stereocenters. The molecule has 1 heterocycles. The van der Waals surface area contributed by atoms with Crippen LogP contribution in [0.3, 0.4) is 0 Å². The maximum atomic E-state index is 6.14. The number of ether oxygens (including phenoxy) is 2. The molecule has 1 aromatic carbocycles. The largest absolute Gasteiger partial charge is 0.487 e. The Morgan fingerprint density at radius 1 is 1.30 bits per heavy atom. The number of hydrogen-bond acceptors (Lipinski definition) is 4. The third-order valence-corrected chi connectivity index (χ3v) is 3.87. The summed E-state index contributed by atoms with van der Waals surface area (Å²) >= 11 is 0. The van der Waals surface area contributed by atoms with E-state index in [1.807, 2.05) is 30.3 Å². The molecule has 0 radical (unpaired) electrons. The van der Waals surface area contributed by atoms with E-state index in [4.69, 9.17) is 9.47 Å². The summed E-state index contributed by atoms with van der Waals surface area (Å²) in [4.78, 5) is 4.35. The van der Waals surface area contributed by atoms with E-state index < -0.39 is 0 Å². The third kappa shape index (κ3) is 2.37. The second kappa shape index (κ2) is 5.77. The van der Waals surface area contributed by atoms with Gasteiger partial charge in [0, 0.05) is 31.2 Å². The van der Waals surface area contributed by atoms with Gasteiger partial charge in [-0.3, -0.25) is 4.98 Å². The number of aromatic nitrogens is 1. The summed E-state index contributed by atoms with van der Waals surface area (Å²) in [5, 5.41) is 4.47. The van der Waals surface area contributed by atoms with E-state index in [1.165, 1.54) is 0 Å². The normalized spacial score (nSPS) is 25.4. The smallest absolute Gasteiger partial charge is 0.129 e. The lowest BCUT2D eigenvalue weighted by Gasteiger charge is -2.43. The van der Waals surface area contributed by atoms with E-state index in [-0.39, 0.29) is 12.2 Å². The van der Waals surface area contributed by atoms with Crippen molar-refractivity contribution in [3.05, 3.63) is 36.5 Å². The van der Waals surface area contributed by atoms with Gasteiger partial charge in [-0.15, -0.1) is 0 Å². The summed E-state index contributed by atoms with van der Waals surface area (Å²) < 4.78 is 11.7. The van der Waals surface area contributed by atoms with Gasteiger partial charge in [-0.1, -0.05) is 13.0 Å². The van der Waals surface area contributed by atoms with Crippen LogP contribution >= 0.6 is 0 Å². The molecule has 1 saturated carbocycles. The lowest BCUT2D eigenvalue weighted by molar-refractivity contribution is -0.0878. The zero-order valence-corrected chi connectivity index (χ0v) is 11.9. The van der Waals surface area contributed by atoms with Gasteiger partial charge in [0.15, 0.2) is 0 Å². The first-order valence-electron chi connectivity index (χ1n) is 7.10. The van der Waals surface area contributed by atoms with Crippen molar-refractivity contribution in [2.24, 2.45) is 0 Å². The van der Waals surface area contributed by atoms with E-state index >= 15 is 0 Å². The lowest BCUT2D eigenvalue weighted by atomic mass is 9.85. The SMILES string of the molecule is CCNC1CC(Oc2cccc3ncccc23)C1OC. The van der Waals surface area contributed by atoms with Gasteiger partial charge in [-0.25, -0.2) is 0 Å². The van der Waals surface area contributed by atoms with Crippen molar-refractivity contribution in [1.82, 2.24) is 10.3 Å². The highest BCUT2D eigenvalue weighted by molar-refractivity contribution is 5.84. The highest BCUT2D eigenvalue weighted by atomic mass is 16.5. The lowest BCUT2D eigenvalue weighted by Crippen LogP contribution is -2.60. The standard InChI is InChI=1S/C16H20N2O2/c1-3-17-13-10-15(16(13)19-2)20-14-8-4-7-12-11(14)6-5-9-18-12/h4-9,13,15-17H,3,10H2,1-2H3. The van der Waals surface area contributed by atoms with Crippen LogP contribution in [-0.2, 0) is 4.74 Å². The number of nitrogens with one attached hydrogen (secondary N) is 1. The van der Waals surface area contributed by atoms with E-state index in [2.05, 4.69) is 17.2 Å². The molecule has 1 aliphatic carbocycles. The molecule has 1 aromatic heterocycles. The summed E-state index contributed by atoms with van der Waals surface area (Å²) in [5.74, 6) is 0.887. The Morgan fingerprint density at radius 2 is 2.20 bits per heavy atom. The number of pyridine rings is 1. The predicted octanol–water partition coefficient (Wildman–Crippen LogP) is 2.38. The molecule has 4 nitrogen and oxygen atoms in total. The van der Waals surface area contributed by atoms with Crippen LogP contribution in [0.25, 0.3) is 10.9 Å². The number of benzene rings is 1. The van der Waals surface area contributed by atoms with Crippen molar-refractivity contribution in [3.8, 4) is 5.75 Å². The topological polar surface area (TPSA) is 43.4 Å². The summed E-state index contributed by atoms with van der Waals surface area (Å²) in [6.07, 6.45) is 2.99. The Kier molecular flexibility index (Phi) is 3.85. The van der Waals surface area contributed by atoms with Gasteiger partial charge in [-0.2, -0.15) is 0 Å². The maximum absolute atomic E-state index is 6.14. The quantitative estimate of drug-likeness (QED) is 0.907. The van der Waals surface area contributed by atoms with Gasteiger partial charge in [0.05, 0.1) is 5.52 Å². The van der Waals surface area contributed by atoms with Crippen LogP contribution in [0, 0.1) is 0 Å². The van der Waals surface area contributed by atoms with E-state index in [9.17, 15) is 0 Å². The molecule has 3 unspecified atom stereocenters. The van der Waals surface area contributed by atoms with E-state index in [0.29, 0.717) is 6.04 Å². The molecule has 0 spiro atoms.